The summed E-state index contributed by atoms with van der Waals surface area (Å²) in [7, 11) is 1.55. The zero-order valence-corrected chi connectivity index (χ0v) is 15.4. The fourth-order valence-electron chi connectivity index (χ4n) is 2.75. The lowest BCUT2D eigenvalue weighted by molar-refractivity contribution is -0.140. The maximum atomic E-state index is 13.7. The Morgan fingerprint density at radius 1 is 1.36 bits per heavy atom. The molecule has 0 saturated carbocycles. The van der Waals surface area contributed by atoms with E-state index in [-0.39, 0.29) is 24.1 Å². The Hall–Kier alpha value is -1.61. The molecule has 3 rings (SSSR count). The number of carbonyl (C=O) groups is 1. The Bertz CT molecular complexity index is 722. The molecule has 1 saturated heterocycles. The zero-order chi connectivity index (χ0) is 17.0. The Kier molecular flexibility index (Phi) is 6.83. The molecule has 2 heterocycles. The first-order chi connectivity index (χ1) is 11.6. The van der Waals surface area contributed by atoms with Crippen LogP contribution in [0.25, 0.3) is 0 Å². The summed E-state index contributed by atoms with van der Waals surface area (Å²) in [6.07, 6.45) is 1.56. The van der Waals surface area contributed by atoms with E-state index in [1.54, 1.807) is 25.3 Å². The van der Waals surface area contributed by atoms with Crippen molar-refractivity contribution in [2.45, 2.75) is 24.9 Å². The topological polar surface area (TPSA) is 76.1 Å². The fourth-order valence-corrected chi connectivity index (χ4v) is 3.50. The van der Waals surface area contributed by atoms with E-state index in [1.807, 2.05) is 0 Å². The predicted octanol–water partition coefficient (Wildman–Crippen LogP) is 2.40. The number of nitrogens with zero attached hydrogens (tertiary/aromatic N) is 2. The quantitative estimate of drug-likeness (QED) is 0.825. The highest BCUT2D eigenvalue weighted by Crippen LogP contribution is 2.26. The molecule has 1 fully saturated rings. The van der Waals surface area contributed by atoms with Gasteiger partial charge >= 0.3 is 0 Å². The maximum Gasteiger partial charge on any atom is 0.258 e. The molecule has 1 aliphatic rings. The van der Waals surface area contributed by atoms with Crippen LogP contribution in [0, 0.1) is 5.82 Å². The number of hydrogen-bond donors (Lipinski definition) is 2. The van der Waals surface area contributed by atoms with E-state index in [9.17, 15) is 9.18 Å². The summed E-state index contributed by atoms with van der Waals surface area (Å²) in [6, 6.07) is 6.55. The number of amides is 1. The third kappa shape index (κ3) is 4.52. The third-order valence-corrected chi connectivity index (χ3v) is 5.04. The number of benzene rings is 1. The van der Waals surface area contributed by atoms with Gasteiger partial charge in [0.05, 0.1) is 0 Å². The van der Waals surface area contributed by atoms with Gasteiger partial charge < -0.3 is 10.1 Å². The normalized spacial score (nSPS) is 16.1. The molecule has 0 spiro atoms. The van der Waals surface area contributed by atoms with Gasteiger partial charge in [0.15, 0.2) is 0 Å². The monoisotopic (exact) mass is 386 g/mol. The van der Waals surface area contributed by atoms with Crippen molar-refractivity contribution in [1.29, 1.82) is 0 Å². The van der Waals surface area contributed by atoms with Gasteiger partial charge in [0.2, 0.25) is 5.13 Å². The van der Waals surface area contributed by atoms with Gasteiger partial charge in [0, 0.05) is 13.5 Å². The zero-order valence-electron chi connectivity index (χ0n) is 13.8. The summed E-state index contributed by atoms with van der Waals surface area (Å²) in [6.45, 7) is 1.46. The summed E-state index contributed by atoms with van der Waals surface area (Å²) in [5.74, 6) is -0.480. The molecular weight excluding hydrogens is 367 g/mol. The Morgan fingerprint density at radius 2 is 2.08 bits per heavy atom. The number of rotatable bonds is 5. The molecule has 25 heavy (non-hydrogen) atoms. The van der Waals surface area contributed by atoms with E-state index in [4.69, 9.17) is 4.74 Å². The van der Waals surface area contributed by atoms with Gasteiger partial charge in [-0.25, -0.2) is 4.39 Å². The number of ether oxygens (including phenoxy) is 1. The summed E-state index contributed by atoms with van der Waals surface area (Å²) in [5, 5.41) is 15.1. The van der Waals surface area contributed by atoms with Crippen molar-refractivity contribution >= 4 is 34.8 Å². The van der Waals surface area contributed by atoms with Gasteiger partial charge in [-0.05, 0) is 37.6 Å². The van der Waals surface area contributed by atoms with E-state index < -0.39 is 5.60 Å². The third-order valence-electron chi connectivity index (χ3n) is 4.20. The molecule has 9 heteroatoms. The van der Waals surface area contributed by atoms with Gasteiger partial charge in [-0.1, -0.05) is 29.5 Å². The number of piperidine rings is 1. The van der Waals surface area contributed by atoms with Crippen molar-refractivity contribution in [2.75, 3.05) is 25.5 Å². The minimum absolute atomic E-state index is 0. The summed E-state index contributed by atoms with van der Waals surface area (Å²) in [5.41, 5.74) is -0.277. The van der Waals surface area contributed by atoms with Crippen molar-refractivity contribution in [3.05, 3.63) is 40.7 Å². The molecule has 0 radical (unpaired) electrons. The van der Waals surface area contributed by atoms with E-state index >= 15 is 0 Å². The molecule has 2 N–H and O–H groups in total. The summed E-state index contributed by atoms with van der Waals surface area (Å²) >= 11 is 1.25. The molecule has 2 aromatic rings. The minimum Gasteiger partial charge on any atom is -0.368 e. The summed E-state index contributed by atoms with van der Waals surface area (Å²) < 4.78 is 19.2. The van der Waals surface area contributed by atoms with Crippen LogP contribution < -0.4 is 10.6 Å². The Morgan fingerprint density at radius 3 is 2.76 bits per heavy atom. The molecular formula is C16H20ClFN4O2S. The standard InChI is InChI=1S/C16H19FN4O2S.ClH/c1-23-16(6-8-18-9-7-16)14(22)19-15-21-20-13(24-15)10-11-4-2-3-5-12(11)17;/h2-5,18H,6-10H2,1H3,(H,19,21,22);1H. The molecule has 0 aliphatic carbocycles. The van der Waals surface area contributed by atoms with Crippen molar-refractivity contribution in [2.24, 2.45) is 0 Å². The number of anilines is 1. The molecule has 1 aliphatic heterocycles. The number of hydrogen-bond acceptors (Lipinski definition) is 6. The molecule has 6 nitrogen and oxygen atoms in total. The van der Waals surface area contributed by atoms with Crippen LogP contribution in [0.3, 0.4) is 0 Å². The number of aromatic nitrogens is 2. The van der Waals surface area contributed by atoms with Crippen LogP contribution in [0.1, 0.15) is 23.4 Å². The van der Waals surface area contributed by atoms with E-state index in [2.05, 4.69) is 20.8 Å². The van der Waals surface area contributed by atoms with Gasteiger partial charge in [-0.2, -0.15) is 0 Å². The molecule has 1 aromatic heterocycles. The van der Waals surface area contributed by atoms with E-state index in [1.165, 1.54) is 17.4 Å². The second-order valence-electron chi connectivity index (χ2n) is 5.67. The van der Waals surface area contributed by atoms with Gasteiger partial charge in [0.1, 0.15) is 16.4 Å². The lowest BCUT2D eigenvalue weighted by Gasteiger charge is -2.34. The first kappa shape index (κ1) is 19.7. The van der Waals surface area contributed by atoms with Crippen molar-refractivity contribution in [3.63, 3.8) is 0 Å². The fraction of sp³-hybridized carbons (Fsp3) is 0.438. The first-order valence-electron chi connectivity index (χ1n) is 7.76. The highest BCUT2D eigenvalue weighted by molar-refractivity contribution is 7.15. The van der Waals surface area contributed by atoms with Gasteiger partial charge in [-0.3, -0.25) is 10.1 Å². The molecule has 0 atom stereocenters. The average molecular weight is 387 g/mol. The van der Waals surface area contributed by atoms with Gasteiger partial charge in [0.25, 0.3) is 5.91 Å². The van der Waals surface area contributed by atoms with E-state index in [0.29, 0.717) is 35.0 Å². The van der Waals surface area contributed by atoms with Crippen LogP contribution in [0.5, 0.6) is 0 Å². The van der Waals surface area contributed by atoms with E-state index in [0.717, 1.165) is 13.1 Å². The molecule has 136 valence electrons. The van der Waals surface area contributed by atoms with Crippen molar-refractivity contribution in [1.82, 2.24) is 15.5 Å². The maximum absolute atomic E-state index is 13.7. The molecule has 1 aromatic carbocycles. The number of halogens is 2. The number of methoxy groups -OCH3 is 1. The number of nitrogens with one attached hydrogen (secondary N) is 2. The van der Waals surface area contributed by atoms with Crippen LogP contribution in [-0.4, -0.2) is 41.9 Å². The highest BCUT2D eigenvalue weighted by Gasteiger charge is 2.40. The first-order valence-corrected chi connectivity index (χ1v) is 8.58. The molecule has 0 unspecified atom stereocenters. The smallest absolute Gasteiger partial charge is 0.258 e. The van der Waals surface area contributed by atoms with Crippen LogP contribution in [0.2, 0.25) is 0 Å². The van der Waals surface area contributed by atoms with Crippen LogP contribution in [0.4, 0.5) is 9.52 Å². The van der Waals surface area contributed by atoms with Gasteiger partial charge in [-0.15, -0.1) is 22.6 Å². The van der Waals surface area contributed by atoms with Crippen LogP contribution >= 0.6 is 23.7 Å². The Labute approximate surface area is 155 Å². The molecule has 0 bridgehead atoms. The molecule has 1 amide bonds. The highest BCUT2D eigenvalue weighted by atomic mass is 35.5. The second kappa shape index (κ2) is 8.66. The Balaban J connectivity index is 0.00000225. The lowest BCUT2D eigenvalue weighted by Crippen LogP contribution is -2.51. The summed E-state index contributed by atoms with van der Waals surface area (Å²) in [4.78, 5) is 12.6. The van der Waals surface area contributed by atoms with Crippen molar-refractivity contribution in [3.8, 4) is 0 Å². The average Bonchev–Trinajstić information content (AvgIpc) is 3.04. The van der Waals surface area contributed by atoms with Crippen LogP contribution in [0.15, 0.2) is 24.3 Å². The SMILES string of the molecule is COC1(C(=O)Nc2nnc(Cc3ccccc3F)s2)CCNCC1.Cl. The predicted molar refractivity (Wildman–Crippen MR) is 96.8 cm³/mol. The van der Waals surface area contributed by atoms with Crippen LogP contribution in [-0.2, 0) is 16.0 Å². The van der Waals surface area contributed by atoms with Crippen molar-refractivity contribution < 1.29 is 13.9 Å². The largest absolute Gasteiger partial charge is 0.368 e. The second-order valence-corrected chi connectivity index (χ2v) is 6.73. The minimum atomic E-state index is -0.831. The number of carbonyl (C=O) groups excluding carboxylic acids is 1. The lowest BCUT2D eigenvalue weighted by atomic mass is 9.91.